The molecule has 146 valence electrons. The number of rotatable bonds is 7. The Kier molecular flexibility index (Phi) is 6.95. The molecule has 3 aromatic rings. The molecule has 0 unspecified atom stereocenters. The number of methoxy groups -OCH3 is 1. The van der Waals surface area contributed by atoms with Crippen molar-refractivity contribution in [3.63, 3.8) is 0 Å². The van der Waals surface area contributed by atoms with Crippen LogP contribution in [-0.2, 0) is 13.2 Å². The van der Waals surface area contributed by atoms with Crippen LogP contribution in [0, 0.1) is 6.92 Å². The quantitative estimate of drug-likeness (QED) is 0.426. The third-order valence-electron chi connectivity index (χ3n) is 4.32. The van der Waals surface area contributed by atoms with Gasteiger partial charge in [-0.15, -0.1) is 0 Å². The lowest BCUT2D eigenvalue weighted by molar-refractivity contribution is 0.284. The number of hydrogen-bond acceptors (Lipinski definition) is 3. The van der Waals surface area contributed by atoms with Crippen LogP contribution in [0.1, 0.15) is 16.7 Å². The smallest absolute Gasteiger partial charge is 0.163 e. The molecule has 3 rings (SSSR count). The Hall–Kier alpha value is -2.07. The lowest BCUT2D eigenvalue weighted by Crippen LogP contribution is -2.03. The van der Waals surface area contributed by atoms with E-state index in [9.17, 15) is 0 Å². The van der Waals surface area contributed by atoms with Crippen molar-refractivity contribution in [2.45, 2.75) is 20.1 Å². The highest BCUT2D eigenvalue weighted by Gasteiger charge is 2.12. The summed E-state index contributed by atoms with van der Waals surface area (Å²) in [6.07, 6.45) is 0. The largest absolute Gasteiger partial charge is 0.493 e. The van der Waals surface area contributed by atoms with Crippen molar-refractivity contribution in [1.29, 1.82) is 0 Å². The van der Waals surface area contributed by atoms with Crippen molar-refractivity contribution in [3.8, 4) is 11.5 Å². The fourth-order valence-electron chi connectivity index (χ4n) is 2.77. The van der Waals surface area contributed by atoms with Crippen LogP contribution in [0.5, 0.6) is 11.5 Å². The minimum atomic E-state index is 0.442. The topological polar surface area (TPSA) is 30.5 Å². The van der Waals surface area contributed by atoms with Gasteiger partial charge in [0.2, 0.25) is 0 Å². The Morgan fingerprint density at radius 2 is 1.57 bits per heavy atom. The molecule has 3 aromatic carbocycles. The summed E-state index contributed by atoms with van der Waals surface area (Å²) < 4.78 is 11.5. The first-order valence-corrected chi connectivity index (χ1v) is 9.83. The number of halogens is 3. The van der Waals surface area contributed by atoms with Crippen LogP contribution in [0.15, 0.2) is 54.6 Å². The van der Waals surface area contributed by atoms with Gasteiger partial charge in [0.1, 0.15) is 6.61 Å². The normalized spacial score (nSPS) is 10.6. The van der Waals surface area contributed by atoms with Gasteiger partial charge in [-0.2, -0.15) is 0 Å². The molecule has 0 heterocycles. The zero-order valence-electron chi connectivity index (χ0n) is 15.6. The van der Waals surface area contributed by atoms with E-state index in [4.69, 9.17) is 44.3 Å². The molecule has 0 saturated heterocycles. The van der Waals surface area contributed by atoms with Gasteiger partial charge in [-0.3, -0.25) is 0 Å². The molecule has 0 aliphatic carbocycles. The van der Waals surface area contributed by atoms with Crippen LogP contribution in [-0.4, -0.2) is 7.11 Å². The fourth-order valence-corrected chi connectivity index (χ4v) is 3.51. The van der Waals surface area contributed by atoms with Gasteiger partial charge in [0.25, 0.3) is 0 Å². The second-order valence-corrected chi connectivity index (χ2v) is 7.60. The molecule has 0 saturated carbocycles. The van der Waals surface area contributed by atoms with E-state index in [1.54, 1.807) is 31.4 Å². The van der Waals surface area contributed by atoms with Gasteiger partial charge in [0, 0.05) is 33.4 Å². The highest BCUT2D eigenvalue weighted by atomic mass is 35.5. The van der Waals surface area contributed by atoms with Crippen molar-refractivity contribution in [1.82, 2.24) is 0 Å². The van der Waals surface area contributed by atoms with E-state index in [-0.39, 0.29) is 0 Å². The first-order valence-electron chi connectivity index (χ1n) is 8.70. The second-order valence-electron chi connectivity index (χ2n) is 6.32. The predicted molar refractivity (Wildman–Crippen MR) is 117 cm³/mol. The summed E-state index contributed by atoms with van der Waals surface area (Å²) >= 11 is 18.6. The van der Waals surface area contributed by atoms with E-state index in [0.29, 0.717) is 39.7 Å². The van der Waals surface area contributed by atoms with Crippen LogP contribution in [0.4, 0.5) is 5.69 Å². The van der Waals surface area contributed by atoms with Gasteiger partial charge in [0.05, 0.1) is 7.11 Å². The Bertz CT molecular complexity index is 956. The van der Waals surface area contributed by atoms with E-state index < -0.39 is 0 Å². The maximum Gasteiger partial charge on any atom is 0.163 e. The lowest BCUT2D eigenvalue weighted by Gasteiger charge is -2.15. The zero-order chi connectivity index (χ0) is 20.1. The summed E-state index contributed by atoms with van der Waals surface area (Å²) in [7, 11) is 1.61. The predicted octanol–water partition coefficient (Wildman–Crippen LogP) is 7.15. The van der Waals surface area contributed by atoms with Crippen molar-refractivity contribution < 1.29 is 9.47 Å². The molecule has 0 spiro atoms. The van der Waals surface area contributed by atoms with Gasteiger partial charge in [-0.05, 0) is 47.9 Å². The van der Waals surface area contributed by atoms with E-state index in [0.717, 1.165) is 16.8 Å². The SMILES string of the molecule is COc1cc(CNc2cc(Cl)cc(Cl)c2)c(Cl)cc1OCc1ccccc1C. The molecule has 0 aliphatic rings. The molecule has 6 heteroatoms. The molecule has 0 bridgehead atoms. The molecule has 0 aliphatic heterocycles. The summed E-state index contributed by atoms with van der Waals surface area (Å²) in [5, 5.41) is 4.99. The third kappa shape index (κ3) is 5.26. The second kappa shape index (κ2) is 9.42. The van der Waals surface area contributed by atoms with Gasteiger partial charge in [0.15, 0.2) is 11.5 Å². The molecule has 3 nitrogen and oxygen atoms in total. The molecule has 0 radical (unpaired) electrons. The van der Waals surface area contributed by atoms with Crippen LogP contribution >= 0.6 is 34.8 Å². The Morgan fingerprint density at radius 3 is 2.25 bits per heavy atom. The van der Waals surface area contributed by atoms with Crippen molar-refractivity contribution in [2.75, 3.05) is 12.4 Å². The molecule has 1 N–H and O–H groups in total. The van der Waals surface area contributed by atoms with Crippen LogP contribution < -0.4 is 14.8 Å². The Balaban J connectivity index is 1.74. The van der Waals surface area contributed by atoms with Gasteiger partial charge >= 0.3 is 0 Å². The van der Waals surface area contributed by atoms with E-state index >= 15 is 0 Å². The van der Waals surface area contributed by atoms with Gasteiger partial charge in [-0.25, -0.2) is 0 Å². The maximum absolute atomic E-state index is 6.47. The van der Waals surface area contributed by atoms with Crippen molar-refractivity contribution in [3.05, 3.63) is 86.4 Å². The first kappa shape index (κ1) is 20.7. The molecule has 0 amide bonds. The van der Waals surface area contributed by atoms with E-state index in [2.05, 4.69) is 18.3 Å². The average Bonchev–Trinajstić information content (AvgIpc) is 2.66. The zero-order valence-corrected chi connectivity index (χ0v) is 17.8. The minimum Gasteiger partial charge on any atom is -0.493 e. The van der Waals surface area contributed by atoms with E-state index in [1.165, 1.54) is 5.56 Å². The van der Waals surface area contributed by atoms with Crippen molar-refractivity contribution >= 4 is 40.5 Å². The van der Waals surface area contributed by atoms with Crippen molar-refractivity contribution in [2.24, 2.45) is 0 Å². The Morgan fingerprint density at radius 1 is 0.857 bits per heavy atom. The highest BCUT2D eigenvalue weighted by molar-refractivity contribution is 6.35. The Labute approximate surface area is 180 Å². The summed E-state index contributed by atoms with van der Waals surface area (Å²) in [5.41, 5.74) is 3.98. The number of anilines is 1. The monoisotopic (exact) mass is 435 g/mol. The standard InChI is InChI=1S/C22H20Cl3NO2/c1-14-5-3-4-6-15(14)13-28-22-11-20(25)16(7-21(22)27-2)12-26-19-9-17(23)8-18(24)10-19/h3-11,26H,12-13H2,1-2H3. The number of hydrogen-bond donors (Lipinski definition) is 1. The summed E-state index contributed by atoms with van der Waals surface area (Å²) in [4.78, 5) is 0. The minimum absolute atomic E-state index is 0.442. The third-order valence-corrected chi connectivity index (χ3v) is 5.11. The molecule has 28 heavy (non-hydrogen) atoms. The summed E-state index contributed by atoms with van der Waals surface area (Å²) in [6, 6.07) is 17.0. The number of aryl methyl sites for hydroxylation is 1. The first-order chi connectivity index (χ1) is 13.5. The number of nitrogens with one attached hydrogen (secondary N) is 1. The van der Waals surface area contributed by atoms with Gasteiger partial charge in [-0.1, -0.05) is 59.1 Å². The van der Waals surface area contributed by atoms with Crippen LogP contribution in [0.3, 0.4) is 0 Å². The van der Waals surface area contributed by atoms with E-state index in [1.807, 2.05) is 24.3 Å². The maximum atomic E-state index is 6.47. The number of benzene rings is 3. The molecule has 0 atom stereocenters. The molecular weight excluding hydrogens is 417 g/mol. The summed E-state index contributed by atoms with van der Waals surface area (Å²) in [6.45, 7) is 2.99. The lowest BCUT2D eigenvalue weighted by atomic mass is 10.1. The van der Waals surface area contributed by atoms with Gasteiger partial charge < -0.3 is 14.8 Å². The summed E-state index contributed by atoms with van der Waals surface area (Å²) in [5.74, 6) is 1.23. The molecule has 0 aromatic heterocycles. The average molecular weight is 437 g/mol. The molecular formula is C22H20Cl3NO2. The van der Waals surface area contributed by atoms with Crippen LogP contribution in [0.2, 0.25) is 15.1 Å². The highest BCUT2D eigenvalue weighted by Crippen LogP contribution is 2.34. The molecule has 0 fully saturated rings. The fraction of sp³-hybridized carbons (Fsp3) is 0.182. The van der Waals surface area contributed by atoms with Crippen LogP contribution in [0.25, 0.3) is 0 Å². The number of ether oxygens (including phenoxy) is 2.